The van der Waals surface area contributed by atoms with E-state index >= 15 is 0 Å². The van der Waals surface area contributed by atoms with Crippen LogP contribution in [0.1, 0.15) is 40.5 Å². The van der Waals surface area contributed by atoms with Crippen molar-refractivity contribution in [1.82, 2.24) is 0 Å². The Morgan fingerprint density at radius 1 is 1.00 bits per heavy atom. The molecule has 0 aromatic heterocycles. The van der Waals surface area contributed by atoms with E-state index in [4.69, 9.17) is 4.74 Å². The predicted octanol–water partition coefficient (Wildman–Crippen LogP) is 2.85. The molecule has 0 N–H and O–H groups in total. The molecule has 102 valence electrons. The van der Waals surface area contributed by atoms with Crippen LogP contribution in [0.15, 0.2) is 0 Å². The van der Waals surface area contributed by atoms with Gasteiger partial charge in [-0.25, -0.2) is 0 Å². The molecule has 0 saturated carbocycles. The third-order valence-electron chi connectivity index (χ3n) is 3.39. The summed E-state index contributed by atoms with van der Waals surface area (Å²) in [6, 6.07) is 0. The van der Waals surface area contributed by atoms with Gasteiger partial charge in [-0.3, -0.25) is 18.6 Å². The van der Waals surface area contributed by atoms with E-state index in [-0.39, 0.29) is 14.1 Å². The van der Waals surface area contributed by atoms with Crippen molar-refractivity contribution in [3.8, 4) is 0 Å². The van der Waals surface area contributed by atoms with Gasteiger partial charge in [-0.1, -0.05) is 0 Å². The minimum Gasteiger partial charge on any atom is -0.332 e. The van der Waals surface area contributed by atoms with Crippen LogP contribution in [0, 0.1) is 0 Å². The number of hydrogen-bond acceptors (Lipinski definition) is 1. The first kappa shape index (κ1) is 21.0. The maximum Gasteiger partial charge on any atom is 0.183 e. The molecule has 0 radical (unpaired) electrons. The largest absolute Gasteiger partial charge is 0.332 e. The summed E-state index contributed by atoms with van der Waals surface area (Å²) < 4.78 is 6.77. The molecule has 16 heavy (non-hydrogen) atoms. The summed E-state index contributed by atoms with van der Waals surface area (Å²) in [5, 5.41) is 0. The second kappa shape index (κ2) is 7.90. The minimum absolute atomic E-state index is 0. The van der Waals surface area contributed by atoms with Gasteiger partial charge in [-0.05, 0) is 27.7 Å². The molecular weight excluding hydrogens is 219 g/mol. The Labute approximate surface area is 96.7 Å². The van der Waals surface area contributed by atoms with Crippen LogP contribution < -0.4 is 0 Å². The second-order valence-corrected chi connectivity index (χ2v) is 5.09. The van der Waals surface area contributed by atoms with E-state index in [0.717, 1.165) is 17.8 Å². The molecule has 1 saturated heterocycles. The first-order chi connectivity index (χ1) is 6.02. The van der Waals surface area contributed by atoms with E-state index in [1.165, 1.54) is 25.9 Å². The van der Waals surface area contributed by atoms with Gasteiger partial charge >= 0.3 is 0 Å². The molecule has 0 unspecified atom stereocenters. The van der Waals surface area contributed by atoms with Gasteiger partial charge < -0.3 is 4.74 Å². The number of nitrogens with zero attached hydrogens (tertiary/aromatic N) is 1. The van der Waals surface area contributed by atoms with E-state index in [1.54, 1.807) is 0 Å². The number of hydrogen-bond donors (Lipinski definition) is 0. The molecule has 0 amide bonds. The van der Waals surface area contributed by atoms with Crippen LogP contribution >= 0.6 is 0 Å². The highest BCUT2D eigenvalue weighted by atomic mass is 19.0. The highest BCUT2D eigenvalue weighted by molar-refractivity contribution is 4.67. The van der Waals surface area contributed by atoms with Crippen molar-refractivity contribution < 1.29 is 23.3 Å². The van der Waals surface area contributed by atoms with Crippen LogP contribution in [-0.4, -0.2) is 36.4 Å². The van der Waals surface area contributed by atoms with Gasteiger partial charge in [0.05, 0.1) is 18.6 Å². The molecule has 2 nitrogen and oxygen atoms in total. The van der Waals surface area contributed by atoms with Crippen LogP contribution in [0.2, 0.25) is 0 Å². The monoisotopic (exact) mass is 246 g/mol. The van der Waals surface area contributed by atoms with Crippen LogP contribution in [0.4, 0.5) is 14.1 Å². The Morgan fingerprint density at radius 2 is 1.44 bits per heavy atom. The number of quaternary nitrogens is 1. The van der Waals surface area contributed by atoms with Gasteiger partial charge in [-0.2, -0.15) is 0 Å². The molecule has 0 bridgehead atoms. The molecule has 1 aliphatic heterocycles. The molecule has 0 aliphatic carbocycles. The predicted molar refractivity (Wildman–Crippen MR) is 63.0 cm³/mol. The first-order valence-corrected chi connectivity index (χ1v) is 5.46. The summed E-state index contributed by atoms with van der Waals surface area (Å²) in [4.78, 5) is 0. The Bertz CT molecular complexity index is 165. The first-order valence-electron chi connectivity index (χ1n) is 5.46. The van der Waals surface area contributed by atoms with Gasteiger partial charge in [0.15, 0.2) is 6.73 Å². The molecule has 0 aromatic carbocycles. The Balaban J connectivity index is -0.000000563. The molecule has 1 heterocycles. The molecule has 1 aliphatic rings. The number of ether oxygens (including phenoxy) is 1. The Kier molecular flexibility index (Phi) is 10.4. The lowest BCUT2D eigenvalue weighted by atomic mass is 10.0. The highest BCUT2D eigenvalue weighted by Crippen LogP contribution is 2.30. The van der Waals surface area contributed by atoms with Crippen molar-refractivity contribution in [2.45, 2.75) is 46.1 Å². The molecule has 0 atom stereocenters. The van der Waals surface area contributed by atoms with E-state index in [0.29, 0.717) is 5.54 Å². The molecule has 1 rings (SSSR count). The van der Waals surface area contributed by atoms with Gasteiger partial charge in [-0.15, -0.1) is 0 Å². The zero-order valence-electron chi connectivity index (χ0n) is 10.8. The average Bonchev–Trinajstić information content (AvgIpc) is 2.48. The standard InChI is InChI=1S/C11H24NO.3FH/c1-5-13-10-12(11(2,3)4)8-6-7-9-12;;;/h5-10H2,1-4H3;3*1H/q+1;;;. The van der Waals surface area contributed by atoms with Gasteiger partial charge in [0, 0.05) is 19.4 Å². The maximum atomic E-state index is 5.62. The second-order valence-electron chi connectivity index (χ2n) is 5.09. The van der Waals surface area contributed by atoms with E-state index in [2.05, 4.69) is 27.7 Å². The Hall–Kier alpha value is -0.290. The average molecular weight is 246 g/mol. The molecular formula is C11H27F3NO+. The van der Waals surface area contributed by atoms with Crippen LogP contribution in [0.25, 0.3) is 0 Å². The molecule has 0 aromatic rings. The van der Waals surface area contributed by atoms with Crippen molar-refractivity contribution in [3.63, 3.8) is 0 Å². The zero-order valence-corrected chi connectivity index (χ0v) is 10.8. The van der Waals surface area contributed by atoms with Crippen LogP contribution in [0.5, 0.6) is 0 Å². The van der Waals surface area contributed by atoms with E-state index in [9.17, 15) is 0 Å². The fourth-order valence-corrected chi connectivity index (χ4v) is 2.20. The summed E-state index contributed by atoms with van der Waals surface area (Å²) >= 11 is 0. The van der Waals surface area contributed by atoms with Gasteiger partial charge in [0.2, 0.25) is 0 Å². The summed E-state index contributed by atoms with van der Waals surface area (Å²) in [5.74, 6) is 0. The summed E-state index contributed by atoms with van der Waals surface area (Å²) in [5.41, 5.74) is 0.339. The van der Waals surface area contributed by atoms with Crippen LogP contribution in [0.3, 0.4) is 0 Å². The molecule has 5 heteroatoms. The fraction of sp³-hybridized carbons (Fsp3) is 1.00. The summed E-state index contributed by atoms with van der Waals surface area (Å²) in [6.07, 6.45) is 2.73. The Morgan fingerprint density at radius 3 is 1.75 bits per heavy atom. The van der Waals surface area contributed by atoms with Crippen LogP contribution in [-0.2, 0) is 4.74 Å². The van der Waals surface area contributed by atoms with E-state index < -0.39 is 0 Å². The highest BCUT2D eigenvalue weighted by Gasteiger charge is 2.42. The summed E-state index contributed by atoms with van der Waals surface area (Å²) in [7, 11) is 0. The molecule has 0 spiro atoms. The minimum atomic E-state index is 0. The fourth-order valence-electron chi connectivity index (χ4n) is 2.20. The van der Waals surface area contributed by atoms with Crippen molar-refractivity contribution in [2.24, 2.45) is 0 Å². The van der Waals surface area contributed by atoms with Crippen molar-refractivity contribution in [3.05, 3.63) is 0 Å². The SMILES string of the molecule is CCOC[N+]1(C(C)(C)C)CCCC1.F.F.F. The van der Waals surface area contributed by atoms with Crippen molar-refractivity contribution in [2.75, 3.05) is 26.4 Å². The van der Waals surface area contributed by atoms with Crippen molar-refractivity contribution >= 4 is 0 Å². The maximum absolute atomic E-state index is 5.62. The quantitative estimate of drug-likeness (QED) is 0.696. The molecule has 1 fully saturated rings. The van der Waals surface area contributed by atoms with Gasteiger partial charge in [0.25, 0.3) is 0 Å². The number of halogens is 3. The normalized spacial score (nSPS) is 18.0. The lowest BCUT2D eigenvalue weighted by Crippen LogP contribution is -2.59. The van der Waals surface area contributed by atoms with Crippen molar-refractivity contribution in [1.29, 1.82) is 0 Å². The third kappa shape index (κ3) is 4.29. The number of likely N-dealkylation sites (tertiary alicyclic amines) is 1. The summed E-state index contributed by atoms with van der Waals surface area (Å²) in [6.45, 7) is 13.4. The van der Waals surface area contributed by atoms with Gasteiger partial charge in [0.1, 0.15) is 0 Å². The smallest absolute Gasteiger partial charge is 0.183 e. The van der Waals surface area contributed by atoms with E-state index in [1.807, 2.05) is 0 Å². The lowest BCUT2D eigenvalue weighted by molar-refractivity contribution is -0.976. The zero-order chi connectivity index (χ0) is 9.95. The topological polar surface area (TPSA) is 9.23 Å². The third-order valence-corrected chi connectivity index (χ3v) is 3.39. The lowest BCUT2D eigenvalue weighted by Gasteiger charge is -2.45. The number of rotatable bonds is 3.